The second-order valence-corrected chi connectivity index (χ2v) is 5.20. The van der Waals surface area contributed by atoms with Crippen molar-refractivity contribution >= 4 is 11.8 Å². The van der Waals surface area contributed by atoms with Gasteiger partial charge in [0.1, 0.15) is 0 Å². The molecule has 0 amide bonds. The highest BCUT2D eigenvalue weighted by atomic mass is 32.2. The summed E-state index contributed by atoms with van der Waals surface area (Å²) >= 11 is 1.73. The van der Waals surface area contributed by atoms with Gasteiger partial charge >= 0.3 is 0 Å². The normalized spacial score (nSPS) is 33.2. The molecule has 0 aliphatic heterocycles. The molecular formula is C9H18O2S. The quantitative estimate of drug-likeness (QED) is 0.707. The van der Waals surface area contributed by atoms with Crippen LogP contribution < -0.4 is 0 Å². The maximum Gasteiger partial charge on any atom is 0.0658 e. The van der Waals surface area contributed by atoms with Gasteiger partial charge in [0, 0.05) is 10.5 Å². The molecule has 1 aliphatic carbocycles. The molecule has 1 unspecified atom stereocenters. The summed E-state index contributed by atoms with van der Waals surface area (Å²) in [5.74, 6) is 0. The fraction of sp³-hybridized carbons (Fsp3) is 1.00. The van der Waals surface area contributed by atoms with Gasteiger partial charge in [-0.1, -0.05) is 19.8 Å². The average Bonchev–Trinajstić information content (AvgIpc) is 2.09. The van der Waals surface area contributed by atoms with Crippen molar-refractivity contribution in [2.45, 2.75) is 49.2 Å². The van der Waals surface area contributed by atoms with E-state index in [0.29, 0.717) is 5.25 Å². The minimum Gasteiger partial charge on any atom is -0.395 e. The van der Waals surface area contributed by atoms with E-state index in [9.17, 15) is 5.11 Å². The molecular weight excluding hydrogens is 172 g/mol. The van der Waals surface area contributed by atoms with Crippen LogP contribution in [0.5, 0.6) is 0 Å². The first kappa shape index (κ1) is 10.4. The molecule has 1 rings (SSSR count). The van der Waals surface area contributed by atoms with Gasteiger partial charge in [-0.15, -0.1) is 0 Å². The lowest BCUT2D eigenvalue weighted by molar-refractivity contribution is 0.136. The first-order valence-electron chi connectivity index (χ1n) is 4.68. The van der Waals surface area contributed by atoms with Gasteiger partial charge in [-0.05, 0) is 12.8 Å². The van der Waals surface area contributed by atoms with E-state index in [0.717, 1.165) is 19.3 Å². The molecule has 0 aromatic heterocycles. The van der Waals surface area contributed by atoms with Gasteiger partial charge < -0.3 is 10.2 Å². The first-order valence-corrected chi connectivity index (χ1v) is 5.62. The van der Waals surface area contributed by atoms with Crippen molar-refractivity contribution in [2.75, 3.05) is 6.61 Å². The Bertz CT molecular complexity index is 130. The molecule has 0 bridgehead atoms. The second-order valence-electron chi connectivity index (χ2n) is 3.52. The smallest absolute Gasteiger partial charge is 0.0658 e. The zero-order chi connectivity index (χ0) is 8.97. The van der Waals surface area contributed by atoms with Crippen LogP contribution in [0.3, 0.4) is 0 Å². The number of rotatable bonds is 3. The highest BCUT2D eigenvalue weighted by Gasteiger charge is 2.24. The third-order valence-electron chi connectivity index (χ3n) is 2.33. The third-order valence-corrected chi connectivity index (χ3v) is 3.85. The van der Waals surface area contributed by atoms with E-state index < -0.39 is 0 Å². The van der Waals surface area contributed by atoms with Crippen molar-refractivity contribution in [1.29, 1.82) is 0 Å². The zero-order valence-electron chi connectivity index (χ0n) is 7.57. The van der Waals surface area contributed by atoms with Crippen molar-refractivity contribution in [1.82, 2.24) is 0 Å². The molecule has 0 saturated heterocycles. The summed E-state index contributed by atoms with van der Waals surface area (Å²) in [6.07, 6.45) is 4.29. The van der Waals surface area contributed by atoms with E-state index in [2.05, 4.69) is 0 Å². The molecule has 3 heteroatoms. The van der Waals surface area contributed by atoms with Crippen LogP contribution in [0.2, 0.25) is 0 Å². The van der Waals surface area contributed by atoms with Crippen LogP contribution in [0, 0.1) is 0 Å². The lowest BCUT2D eigenvalue weighted by Gasteiger charge is -2.28. The van der Waals surface area contributed by atoms with E-state index in [-0.39, 0.29) is 18.0 Å². The molecule has 72 valence electrons. The molecule has 1 aliphatic rings. The Kier molecular flexibility index (Phi) is 4.40. The van der Waals surface area contributed by atoms with Crippen molar-refractivity contribution in [3.05, 3.63) is 0 Å². The van der Waals surface area contributed by atoms with Gasteiger partial charge in [-0.3, -0.25) is 0 Å². The minimum absolute atomic E-state index is 0.141. The molecule has 0 heterocycles. The highest BCUT2D eigenvalue weighted by Crippen LogP contribution is 2.31. The summed E-state index contributed by atoms with van der Waals surface area (Å²) in [5.41, 5.74) is 0. The summed E-state index contributed by atoms with van der Waals surface area (Å²) in [5, 5.41) is 19.1. The first-order chi connectivity index (χ1) is 5.74. The van der Waals surface area contributed by atoms with Crippen LogP contribution in [0.4, 0.5) is 0 Å². The fourth-order valence-electron chi connectivity index (χ4n) is 1.58. The Labute approximate surface area is 78.4 Å². The molecule has 1 fully saturated rings. The van der Waals surface area contributed by atoms with Gasteiger partial charge in [-0.25, -0.2) is 0 Å². The van der Waals surface area contributed by atoms with Crippen molar-refractivity contribution < 1.29 is 10.2 Å². The topological polar surface area (TPSA) is 40.5 Å². The van der Waals surface area contributed by atoms with E-state index in [1.54, 1.807) is 11.8 Å². The van der Waals surface area contributed by atoms with Crippen LogP contribution in [-0.4, -0.2) is 33.4 Å². The summed E-state index contributed by atoms with van der Waals surface area (Å²) in [4.78, 5) is 0. The Morgan fingerprint density at radius 3 is 2.67 bits per heavy atom. The van der Waals surface area contributed by atoms with Gasteiger partial charge in [0.05, 0.1) is 12.7 Å². The molecule has 0 aromatic carbocycles. The average molecular weight is 190 g/mol. The molecule has 3 atom stereocenters. The molecule has 0 radical (unpaired) electrons. The van der Waals surface area contributed by atoms with Crippen LogP contribution in [0.25, 0.3) is 0 Å². The molecule has 2 N–H and O–H groups in total. The molecule has 0 spiro atoms. The maximum absolute atomic E-state index is 9.61. The lowest BCUT2D eigenvalue weighted by atomic mass is 9.97. The van der Waals surface area contributed by atoms with Crippen LogP contribution >= 0.6 is 11.8 Å². The van der Waals surface area contributed by atoms with E-state index in [4.69, 9.17) is 5.11 Å². The van der Waals surface area contributed by atoms with Crippen molar-refractivity contribution in [3.63, 3.8) is 0 Å². The van der Waals surface area contributed by atoms with Crippen LogP contribution in [0.1, 0.15) is 32.6 Å². The summed E-state index contributed by atoms with van der Waals surface area (Å²) in [6, 6.07) is 0. The summed E-state index contributed by atoms with van der Waals surface area (Å²) in [6.45, 7) is 2.22. The van der Waals surface area contributed by atoms with E-state index in [1.165, 1.54) is 6.42 Å². The highest BCUT2D eigenvalue weighted by molar-refractivity contribution is 8.00. The van der Waals surface area contributed by atoms with Gasteiger partial charge in [0.2, 0.25) is 0 Å². The number of hydrogen-bond donors (Lipinski definition) is 2. The molecule has 0 aromatic rings. The zero-order valence-corrected chi connectivity index (χ0v) is 8.39. The lowest BCUT2D eigenvalue weighted by Crippen LogP contribution is -2.29. The van der Waals surface area contributed by atoms with E-state index in [1.807, 2.05) is 6.92 Å². The number of hydrogen-bond acceptors (Lipinski definition) is 3. The van der Waals surface area contributed by atoms with Gasteiger partial charge in [-0.2, -0.15) is 11.8 Å². The number of thioether (sulfide) groups is 1. The van der Waals surface area contributed by atoms with Crippen molar-refractivity contribution in [3.8, 4) is 0 Å². The maximum atomic E-state index is 9.61. The standard InChI is InChI=1S/C9H18O2S/c1-7(6-10)12-9-5-3-2-4-8(9)11/h7-11H,2-6H2,1H3/t7?,8-,9-/m0/s1. The molecule has 2 nitrogen and oxygen atoms in total. The predicted octanol–water partition coefficient (Wildman–Crippen LogP) is 1.40. The summed E-state index contributed by atoms with van der Waals surface area (Å²) < 4.78 is 0. The van der Waals surface area contributed by atoms with Crippen molar-refractivity contribution in [2.24, 2.45) is 0 Å². The third kappa shape index (κ3) is 2.96. The van der Waals surface area contributed by atoms with Crippen LogP contribution in [-0.2, 0) is 0 Å². The Balaban J connectivity index is 2.28. The van der Waals surface area contributed by atoms with E-state index >= 15 is 0 Å². The predicted molar refractivity (Wildman–Crippen MR) is 52.4 cm³/mol. The fourth-order valence-corrected chi connectivity index (χ4v) is 2.88. The Morgan fingerprint density at radius 2 is 2.08 bits per heavy atom. The SMILES string of the molecule is CC(CO)S[C@H]1CCCC[C@@H]1O. The second kappa shape index (κ2) is 5.10. The minimum atomic E-state index is -0.141. The monoisotopic (exact) mass is 190 g/mol. The Morgan fingerprint density at radius 1 is 1.42 bits per heavy atom. The molecule has 12 heavy (non-hydrogen) atoms. The van der Waals surface area contributed by atoms with Gasteiger partial charge in [0.25, 0.3) is 0 Å². The Hall–Kier alpha value is 0.270. The molecule has 1 saturated carbocycles. The summed E-state index contributed by atoms with van der Waals surface area (Å²) in [7, 11) is 0. The van der Waals surface area contributed by atoms with Gasteiger partial charge in [0.15, 0.2) is 0 Å². The number of aliphatic hydroxyl groups excluding tert-OH is 2. The largest absolute Gasteiger partial charge is 0.395 e. The number of aliphatic hydroxyl groups is 2. The van der Waals surface area contributed by atoms with Crippen LogP contribution in [0.15, 0.2) is 0 Å².